The van der Waals surface area contributed by atoms with E-state index in [0.29, 0.717) is 24.5 Å². The van der Waals surface area contributed by atoms with Gasteiger partial charge in [0.2, 0.25) is 0 Å². The first-order valence-electron chi connectivity index (χ1n) is 7.72. The third-order valence-electron chi connectivity index (χ3n) is 3.88. The SMILES string of the molecule is O=c1c(=O)n(Cc2ccc(Cl)cc2)ccn1CCc1ccccc1. The Kier molecular flexibility index (Phi) is 4.96. The molecule has 0 atom stereocenters. The lowest BCUT2D eigenvalue weighted by molar-refractivity contribution is 0.621. The van der Waals surface area contributed by atoms with Crippen LogP contribution in [-0.4, -0.2) is 9.13 Å². The summed E-state index contributed by atoms with van der Waals surface area (Å²) in [7, 11) is 0. The lowest BCUT2D eigenvalue weighted by Crippen LogP contribution is -2.41. The van der Waals surface area contributed by atoms with Crippen molar-refractivity contribution in [2.45, 2.75) is 19.5 Å². The third kappa shape index (κ3) is 3.84. The first kappa shape index (κ1) is 16.3. The zero-order chi connectivity index (χ0) is 16.9. The summed E-state index contributed by atoms with van der Waals surface area (Å²) in [6.45, 7) is 0.838. The Morgan fingerprint density at radius 2 is 1.38 bits per heavy atom. The number of benzene rings is 2. The van der Waals surface area contributed by atoms with Crippen LogP contribution in [0.15, 0.2) is 76.6 Å². The molecule has 0 fully saturated rings. The van der Waals surface area contributed by atoms with Gasteiger partial charge in [-0.2, -0.15) is 0 Å². The molecule has 0 aliphatic rings. The lowest BCUT2D eigenvalue weighted by Gasteiger charge is -2.09. The largest absolute Gasteiger partial charge is 0.316 e. The van der Waals surface area contributed by atoms with Crippen molar-refractivity contribution in [2.75, 3.05) is 0 Å². The molecule has 3 rings (SSSR count). The van der Waals surface area contributed by atoms with E-state index in [1.54, 1.807) is 24.5 Å². The second kappa shape index (κ2) is 7.32. The van der Waals surface area contributed by atoms with Crippen molar-refractivity contribution in [3.8, 4) is 0 Å². The zero-order valence-corrected chi connectivity index (χ0v) is 13.8. The van der Waals surface area contributed by atoms with Crippen LogP contribution < -0.4 is 11.1 Å². The van der Waals surface area contributed by atoms with Gasteiger partial charge in [-0.15, -0.1) is 0 Å². The molecule has 4 nitrogen and oxygen atoms in total. The van der Waals surface area contributed by atoms with Crippen molar-refractivity contribution in [3.05, 3.63) is 104 Å². The summed E-state index contributed by atoms with van der Waals surface area (Å²) < 4.78 is 2.89. The van der Waals surface area contributed by atoms with Gasteiger partial charge in [0.15, 0.2) is 0 Å². The van der Waals surface area contributed by atoms with Crippen LogP contribution in [0.2, 0.25) is 5.02 Å². The van der Waals surface area contributed by atoms with Gasteiger partial charge in [-0.25, -0.2) is 0 Å². The fourth-order valence-corrected chi connectivity index (χ4v) is 2.65. The van der Waals surface area contributed by atoms with Crippen molar-refractivity contribution in [1.29, 1.82) is 0 Å². The summed E-state index contributed by atoms with van der Waals surface area (Å²) in [5.41, 5.74) is 1.04. The Morgan fingerprint density at radius 3 is 2.08 bits per heavy atom. The first-order chi connectivity index (χ1) is 11.6. The molecule has 0 amide bonds. The molecule has 0 saturated heterocycles. The van der Waals surface area contributed by atoms with Crippen LogP contribution in [0.5, 0.6) is 0 Å². The van der Waals surface area contributed by atoms with Crippen LogP contribution in [0.4, 0.5) is 0 Å². The Bertz CT molecular complexity index is 928. The van der Waals surface area contributed by atoms with Crippen LogP contribution in [0.1, 0.15) is 11.1 Å². The summed E-state index contributed by atoms with van der Waals surface area (Å²) in [4.78, 5) is 24.5. The minimum absolute atomic E-state index is 0.352. The van der Waals surface area contributed by atoms with E-state index in [9.17, 15) is 9.59 Å². The van der Waals surface area contributed by atoms with Crippen LogP contribution in [0, 0.1) is 0 Å². The smallest absolute Gasteiger partial charge is 0.309 e. The van der Waals surface area contributed by atoms with Crippen LogP contribution in [0.25, 0.3) is 0 Å². The van der Waals surface area contributed by atoms with Gasteiger partial charge in [0.25, 0.3) is 0 Å². The maximum atomic E-state index is 12.3. The van der Waals surface area contributed by atoms with Gasteiger partial charge < -0.3 is 9.13 Å². The molecule has 0 unspecified atom stereocenters. The maximum Gasteiger partial charge on any atom is 0.316 e. The first-order valence-corrected chi connectivity index (χ1v) is 8.09. The van der Waals surface area contributed by atoms with Crippen molar-refractivity contribution in [2.24, 2.45) is 0 Å². The molecule has 1 heterocycles. The van der Waals surface area contributed by atoms with Crippen LogP contribution in [0.3, 0.4) is 0 Å². The average molecular weight is 341 g/mol. The van der Waals surface area contributed by atoms with E-state index in [2.05, 4.69) is 0 Å². The zero-order valence-electron chi connectivity index (χ0n) is 13.1. The number of halogens is 1. The standard InChI is InChI=1S/C19H17ClN2O2/c20-17-8-6-16(7-9-17)14-22-13-12-21(18(23)19(22)24)11-10-15-4-2-1-3-5-15/h1-9,12-13H,10-11,14H2. The molecule has 0 radical (unpaired) electrons. The average Bonchev–Trinajstić information content (AvgIpc) is 2.61. The van der Waals surface area contributed by atoms with Crippen molar-refractivity contribution in [1.82, 2.24) is 9.13 Å². The number of hydrogen-bond donors (Lipinski definition) is 0. The van der Waals surface area contributed by atoms with E-state index in [0.717, 1.165) is 11.1 Å². The van der Waals surface area contributed by atoms with Crippen LogP contribution >= 0.6 is 11.6 Å². The van der Waals surface area contributed by atoms with Gasteiger partial charge in [0, 0.05) is 24.0 Å². The van der Waals surface area contributed by atoms with Gasteiger partial charge in [-0.05, 0) is 29.7 Å². The van der Waals surface area contributed by atoms with Gasteiger partial charge in [-0.3, -0.25) is 9.59 Å². The van der Waals surface area contributed by atoms with E-state index >= 15 is 0 Å². The van der Waals surface area contributed by atoms with Crippen LogP contribution in [-0.2, 0) is 19.5 Å². The Morgan fingerprint density at radius 1 is 0.750 bits per heavy atom. The summed E-state index contributed by atoms with van der Waals surface area (Å²) in [6, 6.07) is 17.1. The predicted molar refractivity (Wildman–Crippen MR) is 95.7 cm³/mol. The monoisotopic (exact) mass is 340 g/mol. The highest BCUT2D eigenvalue weighted by molar-refractivity contribution is 6.30. The van der Waals surface area contributed by atoms with E-state index in [1.807, 2.05) is 42.5 Å². The normalized spacial score (nSPS) is 10.7. The van der Waals surface area contributed by atoms with Crippen molar-refractivity contribution in [3.63, 3.8) is 0 Å². The quantitative estimate of drug-likeness (QED) is 0.670. The molecule has 5 heteroatoms. The molecule has 0 aliphatic heterocycles. The summed E-state index contributed by atoms with van der Waals surface area (Å²) in [5.74, 6) is 0. The van der Waals surface area contributed by atoms with E-state index in [1.165, 1.54) is 9.13 Å². The highest BCUT2D eigenvalue weighted by atomic mass is 35.5. The summed E-state index contributed by atoms with van der Waals surface area (Å²) in [5, 5.41) is 0.641. The molecular formula is C19H17ClN2O2. The topological polar surface area (TPSA) is 44.0 Å². The second-order valence-electron chi connectivity index (χ2n) is 5.59. The minimum atomic E-state index is -0.513. The molecule has 122 valence electrons. The molecule has 3 aromatic rings. The maximum absolute atomic E-state index is 12.3. The summed E-state index contributed by atoms with van der Waals surface area (Å²) >= 11 is 5.86. The number of aryl methyl sites for hydroxylation is 2. The molecule has 1 aromatic heterocycles. The molecule has 2 aromatic carbocycles. The second-order valence-corrected chi connectivity index (χ2v) is 6.03. The molecule has 0 saturated carbocycles. The minimum Gasteiger partial charge on any atom is -0.309 e. The lowest BCUT2D eigenvalue weighted by atomic mass is 10.1. The van der Waals surface area contributed by atoms with Crippen molar-refractivity contribution < 1.29 is 0 Å². The molecule has 0 spiro atoms. The highest BCUT2D eigenvalue weighted by Gasteiger charge is 2.06. The third-order valence-corrected chi connectivity index (χ3v) is 4.13. The molecule has 0 bridgehead atoms. The Balaban J connectivity index is 1.77. The molecule has 0 N–H and O–H groups in total. The fourth-order valence-electron chi connectivity index (χ4n) is 2.52. The summed E-state index contributed by atoms with van der Waals surface area (Å²) in [6.07, 6.45) is 4.04. The van der Waals surface area contributed by atoms with Gasteiger partial charge in [-0.1, -0.05) is 54.1 Å². The number of nitrogens with zero attached hydrogens (tertiary/aromatic N) is 2. The fraction of sp³-hybridized carbons (Fsp3) is 0.158. The van der Waals surface area contributed by atoms with Gasteiger partial charge in [0.1, 0.15) is 0 Å². The number of rotatable bonds is 5. The van der Waals surface area contributed by atoms with E-state index < -0.39 is 11.1 Å². The molecule has 0 aliphatic carbocycles. The number of aromatic nitrogens is 2. The molecular weight excluding hydrogens is 324 g/mol. The Hall–Kier alpha value is -2.59. The number of hydrogen-bond acceptors (Lipinski definition) is 2. The van der Waals surface area contributed by atoms with Gasteiger partial charge >= 0.3 is 11.1 Å². The van der Waals surface area contributed by atoms with E-state index in [4.69, 9.17) is 11.6 Å². The van der Waals surface area contributed by atoms with Crippen molar-refractivity contribution >= 4 is 11.6 Å². The Labute approximate surface area is 144 Å². The van der Waals surface area contributed by atoms with Gasteiger partial charge in [0.05, 0.1) is 6.54 Å². The predicted octanol–water partition coefficient (Wildman–Crippen LogP) is 2.95. The molecule has 24 heavy (non-hydrogen) atoms. The highest BCUT2D eigenvalue weighted by Crippen LogP contribution is 2.10. The van der Waals surface area contributed by atoms with E-state index in [-0.39, 0.29) is 0 Å².